The van der Waals surface area contributed by atoms with Crippen molar-refractivity contribution in [1.82, 2.24) is 9.88 Å². The van der Waals surface area contributed by atoms with Gasteiger partial charge in [0, 0.05) is 12.6 Å². The van der Waals surface area contributed by atoms with E-state index in [-0.39, 0.29) is 18.0 Å². The van der Waals surface area contributed by atoms with Gasteiger partial charge >= 0.3 is 0 Å². The lowest BCUT2D eigenvalue weighted by Crippen LogP contribution is -2.87. The fraction of sp³-hybridized carbons (Fsp3) is 0.217. The molecule has 0 saturated heterocycles. The predicted molar refractivity (Wildman–Crippen MR) is 120 cm³/mol. The number of hydrogen-bond donors (Lipinski definition) is 1. The molecule has 148 valence electrons. The number of amides is 1. The minimum atomic E-state index is -0.0507. The first-order valence-corrected chi connectivity index (χ1v) is 11.4. The van der Waals surface area contributed by atoms with Crippen LogP contribution in [0.2, 0.25) is 0 Å². The molecule has 2 heterocycles. The summed E-state index contributed by atoms with van der Waals surface area (Å²) in [7, 11) is 1.87. The van der Waals surface area contributed by atoms with Gasteiger partial charge in [-0.2, -0.15) is 0 Å². The van der Waals surface area contributed by atoms with Gasteiger partial charge in [0.15, 0.2) is 6.54 Å². The average Bonchev–Trinajstić information content (AvgIpc) is 3.43. The molecule has 29 heavy (non-hydrogen) atoms. The molecule has 0 bridgehead atoms. The van der Waals surface area contributed by atoms with E-state index in [2.05, 4.69) is 41.0 Å². The number of carbonyl (C=O) groups is 1. The molecule has 4 aromatic rings. The zero-order valence-electron chi connectivity index (χ0n) is 16.5. The van der Waals surface area contributed by atoms with Gasteiger partial charge in [0.2, 0.25) is 0 Å². The molecular weight excluding hydrogens is 398 g/mol. The van der Waals surface area contributed by atoms with E-state index in [1.807, 2.05) is 55.3 Å². The van der Waals surface area contributed by atoms with Crippen LogP contribution in [0.25, 0.3) is 10.2 Å². The summed E-state index contributed by atoms with van der Waals surface area (Å²) in [6, 6.07) is 22.8. The van der Waals surface area contributed by atoms with E-state index in [4.69, 9.17) is 4.98 Å². The summed E-state index contributed by atoms with van der Waals surface area (Å²) in [6.07, 6.45) is 0. The van der Waals surface area contributed by atoms with Crippen LogP contribution in [0.5, 0.6) is 0 Å². The summed E-state index contributed by atoms with van der Waals surface area (Å²) in [5, 5.41) is 5.19. The minimum absolute atomic E-state index is 0.0507. The molecule has 6 heteroatoms. The van der Waals surface area contributed by atoms with E-state index in [0.29, 0.717) is 6.54 Å². The molecule has 0 fully saturated rings. The molecule has 2 N–H and O–H groups in total. The van der Waals surface area contributed by atoms with Crippen LogP contribution in [0.4, 0.5) is 0 Å². The third kappa shape index (κ3) is 4.40. The Kier molecular flexibility index (Phi) is 6.04. The van der Waals surface area contributed by atoms with Crippen molar-refractivity contribution in [3.63, 3.8) is 0 Å². The zero-order valence-corrected chi connectivity index (χ0v) is 18.1. The smallest absolute Gasteiger partial charge is 0.278 e. The number of nitrogens with two attached hydrogens (primary N) is 1. The van der Waals surface area contributed by atoms with Gasteiger partial charge in [0.1, 0.15) is 11.0 Å². The Hall–Kier alpha value is -2.54. The third-order valence-electron chi connectivity index (χ3n) is 5.18. The monoisotopic (exact) mass is 422 g/mol. The highest BCUT2D eigenvalue weighted by Crippen LogP contribution is 2.28. The van der Waals surface area contributed by atoms with Crippen molar-refractivity contribution < 1.29 is 10.1 Å². The summed E-state index contributed by atoms with van der Waals surface area (Å²) in [4.78, 5) is 20.7. The van der Waals surface area contributed by atoms with Crippen LogP contribution in [-0.4, -0.2) is 29.4 Å². The SMILES string of the molecule is C[C@H](c1nc2ccccc2s1)N(C)C(=O)C[NH2+][C@H](c1ccccc1)c1cccs1. The lowest BCUT2D eigenvalue weighted by molar-refractivity contribution is -0.676. The minimum Gasteiger partial charge on any atom is -0.332 e. The van der Waals surface area contributed by atoms with Crippen molar-refractivity contribution in [2.45, 2.75) is 19.0 Å². The van der Waals surface area contributed by atoms with Gasteiger partial charge < -0.3 is 10.2 Å². The number of thiophene rings is 1. The van der Waals surface area contributed by atoms with E-state index in [0.717, 1.165) is 15.2 Å². The van der Waals surface area contributed by atoms with Crippen molar-refractivity contribution in [3.8, 4) is 0 Å². The fourth-order valence-electron chi connectivity index (χ4n) is 3.36. The second-order valence-corrected chi connectivity index (χ2v) is 9.09. The van der Waals surface area contributed by atoms with Gasteiger partial charge in [-0.25, -0.2) is 4.98 Å². The number of nitrogens with zero attached hydrogens (tertiary/aromatic N) is 2. The third-order valence-corrected chi connectivity index (χ3v) is 7.34. The molecule has 1 amide bonds. The molecule has 2 aromatic carbocycles. The van der Waals surface area contributed by atoms with Crippen molar-refractivity contribution in [1.29, 1.82) is 0 Å². The maximum atomic E-state index is 13.0. The lowest BCUT2D eigenvalue weighted by atomic mass is 10.1. The first kappa shape index (κ1) is 19.8. The molecule has 0 saturated carbocycles. The van der Waals surface area contributed by atoms with E-state index in [1.54, 1.807) is 22.7 Å². The van der Waals surface area contributed by atoms with Crippen molar-refractivity contribution >= 4 is 38.8 Å². The Bertz CT molecular complexity index is 1040. The van der Waals surface area contributed by atoms with E-state index in [9.17, 15) is 4.79 Å². The van der Waals surface area contributed by atoms with E-state index < -0.39 is 0 Å². The van der Waals surface area contributed by atoms with Crippen LogP contribution in [0.15, 0.2) is 72.1 Å². The number of benzene rings is 2. The molecule has 2 aromatic heterocycles. The Balaban J connectivity index is 1.46. The van der Waals surface area contributed by atoms with Crippen LogP contribution in [-0.2, 0) is 4.79 Å². The zero-order chi connectivity index (χ0) is 20.2. The molecule has 0 aliphatic rings. The Morgan fingerprint density at radius 3 is 2.55 bits per heavy atom. The number of fused-ring (bicyclic) bond motifs is 1. The number of likely N-dealkylation sites (N-methyl/N-ethyl adjacent to an activating group) is 1. The number of hydrogen-bond acceptors (Lipinski definition) is 4. The number of aromatic nitrogens is 1. The summed E-state index contributed by atoms with van der Waals surface area (Å²) >= 11 is 3.38. The lowest BCUT2D eigenvalue weighted by Gasteiger charge is -2.23. The summed E-state index contributed by atoms with van der Waals surface area (Å²) in [5.74, 6) is 0.106. The van der Waals surface area contributed by atoms with E-state index in [1.165, 1.54) is 10.4 Å². The van der Waals surface area contributed by atoms with Gasteiger partial charge in [0.05, 0.1) is 21.1 Å². The number of para-hydroxylation sites is 1. The molecule has 4 rings (SSSR count). The van der Waals surface area contributed by atoms with Crippen molar-refractivity contribution in [2.24, 2.45) is 0 Å². The second kappa shape index (κ2) is 8.86. The van der Waals surface area contributed by atoms with Gasteiger partial charge in [-0.3, -0.25) is 4.79 Å². The Morgan fingerprint density at radius 1 is 1.07 bits per heavy atom. The summed E-state index contributed by atoms with van der Waals surface area (Å²) in [6.45, 7) is 2.44. The van der Waals surface area contributed by atoms with Crippen LogP contribution in [0.3, 0.4) is 0 Å². The molecule has 0 aliphatic carbocycles. The quantitative estimate of drug-likeness (QED) is 0.485. The first-order valence-electron chi connectivity index (χ1n) is 9.66. The fourth-order valence-corrected chi connectivity index (χ4v) is 5.27. The molecular formula is C23H24N3OS2+. The average molecular weight is 423 g/mol. The van der Waals surface area contributed by atoms with Gasteiger partial charge in [-0.05, 0) is 30.5 Å². The van der Waals surface area contributed by atoms with Crippen molar-refractivity contribution in [3.05, 3.63) is 87.6 Å². The molecule has 0 spiro atoms. The maximum Gasteiger partial charge on any atom is 0.278 e. The predicted octanol–water partition coefficient (Wildman–Crippen LogP) is 4.23. The molecule has 0 radical (unpaired) electrons. The largest absolute Gasteiger partial charge is 0.332 e. The van der Waals surface area contributed by atoms with Crippen LogP contribution >= 0.6 is 22.7 Å². The summed E-state index contributed by atoms with van der Waals surface area (Å²) in [5.41, 5.74) is 2.21. The van der Waals surface area contributed by atoms with Crippen LogP contribution < -0.4 is 5.32 Å². The second-order valence-electron chi connectivity index (χ2n) is 7.04. The van der Waals surface area contributed by atoms with Gasteiger partial charge in [-0.15, -0.1) is 22.7 Å². The summed E-state index contributed by atoms with van der Waals surface area (Å²) < 4.78 is 1.16. The number of thiazole rings is 1. The Morgan fingerprint density at radius 2 is 1.83 bits per heavy atom. The highest BCUT2D eigenvalue weighted by atomic mass is 32.1. The first-order chi connectivity index (χ1) is 14.1. The van der Waals surface area contributed by atoms with Crippen LogP contribution in [0.1, 0.15) is 34.5 Å². The van der Waals surface area contributed by atoms with E-state index >= 15 is 0 Å². The molecule has 0 unspecified atom stereocenters. The Labute approximate surface area is 178 Å². The topological polar surface area (TPSA) is 49.8 Å². The molecule has 4 nitrogen and oxygen atoms in total. The standard InChI is InChI=1S/C23H23N3OS2/c1-16(23-25-18-11-6-7-12-19(18)29-23)26(2)21(27)15-24-22(20-13-8-14-28-20)17-9-4-3-5-10-17/h3-14,16,22,24H,15H2,1-2H3/p+1/t16-,22-/m1/s1. The number of carbonyl (C=O) groups excluding carboxylic acids is 1. The normalized spacial score (nSPS) is 13.3. The van der Waals surface area contributed by atoms with Crippen molar-refractivity contribution in [2.75, 3.05) is 13.6 Å². The van der Waals surface area contributed by atoms with Crippen LogP contribution in [0, 0.1) is 0 Å². The maximum absolute atomic E-state index is 13.0. The highest BCUT2D eigenvalue weighted by Gasteiger charge is 2.25. The molecule has 2 atom stereocenters. The highest BCUT2D eigenvalue weighted by molar-refractivity contribution is 7.18. The van der Waals surface area contributed by atoms with Gasteiger partial charge in [0.25, 0.3) is 5.91 Å². The molecule has 0 aliphatic heterocycles. The number of quaternary nitrogens is 1. The van der Waals surface area contributed by atoms with Gasteiger partial charge in [-0.1, -0.05) is 48.5 Å². The number of rotatable bonds is 7.